The second-order valence-electron chi connectivity index (χ2n) is 8.37. The van der Waals surface area contributed by atoms with E-state index in [9.17, 15) is 10.1 Å². The number of thiol groups is 1. The van der Waals surface area contributed by atoms with Crippen LogP contribution in [0.25, 0.3) is 10.8 Å². The number of carbonyl (C=O) groups excluding carboxylic acids is 1. The predicted octanol–water partition coefficient (Wildman–Crippen LogP) is 5.40. The number of carbonyl (C=O) groups is 1. The highest BCUT2D eigenvalue weighted by atomic mass is 32.1. The Hall–Kier alpha value is -3.17. The Labute approximate surface area is 186 Å². The smallest absolute Gasteiger partial charge is 0.266 e. The van der Waals surface area contributed by atoms with E-state index in [4.69, 9.17) is 17.0 Å². The lowest BCUT2D eigenvalue weighted by molar-refractivity contribution is -0.120. The quantitative estimate of drug-likeness (QED) is 0.536. The summed E-state index contributed by atoms with van der Waals surface area (Å²) in [4.78, 5) is 15.0. The van der Waals surface area contributed by atoms with E-state index in [0.29, 0.717) is 11.4 Å². The van der Waals surface area contributed by atoms with E-state index in [0.717, 1.165) is 47.2 Å². The van der Waals surface area contributed by atoms with Crippen LogP contribution < -0.4 is 10.2 Å². The second kappa shape index (κ2) is 7.51. The highest BCUT2D eigenvalue weighted by Crippen LogP contribution is 2.48. The minimum Gasteiger partial charge on any atom is -0.466 e. The van der Waals surface area contributed by atoms with Crippen molar-refractivity contribution in [2.45, 2.75) is 44.2 Å². The SMILES string of the molecule is Cc1ccc(C2CCCC3(C2)NC(=O)C(C#N)=C(S)N3c2cccc3ccccc23)o1. The van der Waals surface area contributed by atoms with Crippen molar-refractivity contribution < 1.29 is 9.21 Å². The van der Waals surface area contributed by atoms with Crippen molar-refractivity contribution in [1.82, 2.24) is 5.32 Å². The molecule has 1 N–H and O–H groups in total. The fraction of sp³-hybridized carbons (Fsp3) is 0.280. The lowest BCUT2D eigenvalue weighted by Crippen LogP contribution is -2.65. The third-order valence-corrected chi connectivity index (χ3v) is 6.87. The van der Waals surface area contributed by atoms with Gasteiger partial charge in [-0.1, -0.05) is 36.4 Å². The van der Waals surface area contributed by atoms with Crippen LogP contribution in [0.5, 0.6) is 0 Å². The molecule has 1 spiro atoms. The number of amides is 1. The van der Waals surface area contributed by atoms with Crippen molar-refractivity contribution in [2.75, 3.05) is 4.90 Å². The zero-order valence-corrected chi connectivity index (χ0v) is 18.2. The minimum absolute atomic E-state index is 0.0397. The van der Waals surface area contributed by atoms with Crippen molar-refractivity contribution in [2.24, 2.45) is 0 Å². The number of fused-ring (bicyclic) bond motifs is 1. The van der Waals surface area contributed by atoms with Gasteiger partial charge in [0.25, 0.3) is 5.91 Å². The van der Waals surface area contributed by atoms with Crippen LogP contribution in [-0.4, -0.2) is 11.6 Å². The van der Waals surface area contributed by atoms with Gasteiger partial charge in [-0.25, -0.2) is 0 Å². The van der Waals surface area contributed by atoms with Crippen LogP contribution in [0.3, 0.4) is 0 Å². The van der Waals surface area contributed by atoms with E-state index in [-0.39, 0.29) is 17.4 Å². The van der Waals surface area contributed by atoms with E-state index in [1.165, 1.54) is 0 Å². The largest absolute Gasteiger partial charge is 0.466 e. The lowest BCUT2D eigenvalue weighted by Gasteiger charge is -2.52. The molecule has 5 nitrogen and oxygen atoms in total. The topological polar surface area (TPSA) is 69.3 Å². The van der Waals surface area contributed by atoms with Gasteiger partial charge in [0.2, 0.25) is 0 Å². The molecule has 1 aliphatic carbocycles. The number of benzene rings is 2. The van der Waals surface area contributed by atoms with Gasteiger partial charge in [-0.3, -0.25) is 4.79 Å². The molecule has 31 heavy (non-hydrogen) atoms. The molecule has 0 radical (unpaired) electrons. The Bertz CT molecular complexity index is 1250. The van der Waals surface area contributed by atoms with E-state index in [1.807, 2.05) is 43.3 Å². The number of furan rings is 1. The first-order valence-electron chi connectivity index (χ1n) is 10.5. The summed E-state index contributed by atoms with van der Waals surface area (Å²) in [6.07, 6.45) is 3.36. The summed E-state index contributed by atoms with van der Waals surface area (Å²) in [7, 11) is 0. The van der Waals surface area contributed by atoms with Gasteiger partial charge in [0.1, 0.15) is 28.8 Å². The number of nitrogens with one attached hydrogen (secondary N) is 1. The number of rotatable bonds is 2. The third kappa shape index (κ3) is 3.21. The highest BCUT2D eigenvalue weighted by molar-refractivity contribution is 7.84. The molecular weight excluding hydrogens is 406 g/mol. The summed E-state index contributed by atoms with van der Waals surface area (Å²) in [5, 5.41) is 15.4. The normalized spacial score (nSPS) is 23.8. The molecule has 1 fully saturated rings. The van der Waals surface area contributed by atoms with Crippen molar-refractivity contribution in [3.05, 3.63) is 76.7 Å². The number of anilines is 1. The fourth-order valence-corrected chi connectivity index (χ4v) is 5.53. The molecule has 1 saturated carbocycles. The summed E-state index contributed by atoms with van der Waals surface area (Å²) in [5.74, 6) is 1.64. The van der Waals surface area contributed by atoms with Crippen molar-refractivity contribution in [1.29, 1.82) is 5.26 Å². The van der Waals surface area contributed by atoms with E-state index in [2.05, 4.69) is 34.5 Å². The van der Waals surface area contributed by atoms with Gasteiger partial charge in [0.05, 0.1) is 10.7 Å². The standard InChI is InChI=1S/C25H23N3O2S/c1-16-11-12-22(30-16)18-8-5-13-25(14-18)27-23(29)20(15-26)24(31)28(25)21-10-4-7-17-6-2-3-9-19(17)21/h2-4,6-7,9-12,18,31H,5,8,13-14H2,1H3,(H,27,29). The molecule has 1 aliphatic heterocycles. The third-order valence-electron chi connectivity index (χ3n) is 6.45. The maximum atomic E-state index is 12.9. The van der Waals surface area contributed by atoms with Gasteiger partial charge in [-0.2, -0.15) is 5.26 Å². The molecule has 156 valence electrons. The summed E-state index contributed by atoms with van der Waals surface area (Å²) >= 11 is 4.73. The Morgan fingerprint density at radius 3 is 2.77 bits per heavy atom. The maximum absolute atomic E-state index is 12.9. The van der Waals surface area contributed by atoms with Crippen LogP contribution in [-0.2, 0) is 4.79 Å². The number of aryl methyl sites for hydroxylation is 1. The summed E-state index contributed by atoms with van der Waals surface area (Å²) in [5.41, 5.74) is 0.299. The Morgan fingerprint density at radius 2 is 2.00 bits per heavy atom. The number of hydrogen-bond donors (Lipinski definition) is 2. The summed E-state index contributed by atoms with van der Waals surface area (Å²) < 4.78 is 5.95. The number of nitrogens with zero attached hydrogens (tertiary/aromatic N) is 2. The summed E-state index contributed by atoms with van der Waals surface area (Å²) in [6.45, 7) is 1.95. The van der Waals surface area contributed by atoms with Crippen LogP contribution in [0.15, 0.2) is 69.6 Å². The van der Waals surface area contributed by atoms with E-state index in [1.54, 1.807) is 0 Å². The predicted molar refractivity (Wildman–Crippen MR) is 124 cm³/mol. The molecule has 3 aromatic rings. The fourth-order valence-electron chi connectivity index (χ4n) is 5.08. The highest BCUT2D eigenvalue weighted by Gasteiger charge is 2.49. The van der Waals surface area contributed by atoms with E-state index < -0.39 is 5.66 Å². The minimum atomic E-state index is -0.678. The molecule has 1 aromatic heterocycles. The molecule has 6 heteroatoms. The van der Waals surface area contributed by atoms with Gasteiger partial charge in [0.15, 0.2) is 0 Å². The first kappa shape index (κ1) is 19.8. The first-order chi connectivity index (χ1) is 15.0. The van der Waals surface area contributed by atoms with Crippen LogP contribution >= 0.6 is 12.6 Å². The Kier molecular flexibility index (Phi) is 4.79. The molecule has 2 unspecified atom stereocenters. The molecule has 2 atom stereocenters. The first-order valence-corrected chi connectivity index (χ1v) is 11.0. The van der Waals surface area contributed by atoms with Gasteiger partial charge in [-0.15, -0.1) is 12.6 Å². The van der Waals surface area contributed by atoms with Crippen LogP contribution in [0.2, 0.25) is 0 Å². The van der Waals surface area contributed by atoms with Gasteiger partial charge in [-0.05, 0) is 56.2 Å². The van der Waals surface area contributed by atoms with Gasteiger partial charge >= 0.3 is 0 Å². The van der Waals surface area contributed by atoms with Crippen LogP contribution in [0.1, 0.15) is 43.1 Å². The second-order valence-corrected chi connectivity index (χ2v) is 8.80. The van der Waals surface area contributed by atoms with Gasteiger partial charge in [0, 0.05) is 11.3 Å². The zero-order valence-electron chi connectivity index (χ0n) is 17.3. The van der Waals surface area contributed by atoms with E-state index >= 15 is 0 Å². The van der Waals surface area contributed by atoms with Crippen molar-refractivity contribution in [3.8, 4) is 6.07 Å². The molecular formula is C25H23N3O2S. The molecule has 2 aromatic carbocycles. The molecule has 0 bridgehead atoms. The van der Waals surface area contributed by atoms with Crippen LogP contribution in [0, 0.1) is 18.3 Å². The Morgan fingerprint density at radius 1 is 1.19 bits per heavy atom. The zero-order chi connectivity index (χ0) is 21.6. The monoisotopic (exact) mass is 429 g/mol. The van der Waals surface area contributed by atoms with Crippen molar-refractivity contribution >= 4 is 35.0 Å². The Balaban J connectivity index is 1.69. The molecule has 2 heterocycles. The lowest BCUT2D eigenvalue weighted by atomic mass is 9.77. The average molecular weight is 430 g/mol. The van der Waals surface area contributed by atoms with Gasteiger partial charge < -0.3 is 14.6 Å². The molecule has 0 saturated heterocycles. The number of nitriles is 1. The van der Waals surface area contributed by atoms with Crippen LogP contribution in [0.4, 0.5) is 5.69 Å². The summed E-state index contributed by atoms with van der Waals surface area (Å²) in [6, 6.07) is 20.3. The molecule has 5 rings (SSSR count). The maximum Gasteiger partial charge on any atom is 0.266 e. The molecule has 1 amide bonds. The average Bonchev–Trinajstić information content (AvgIpc) is 3.20. The number of hydrogen-bond acceptors (Lipinski definition) is 5. The van der Waals surface area contributed by atoms with Crippen molar-refractivity contribution in [3.63, 3.8) is 0 Å². The molecule has 2 aliphatic rings.